The lowest BCUT2D eigenvalue weighted by Crippen LogP contribution is -2.49. The number of nitrogens with one attached hydrogen (secondary N) is 1. The van der Waals surface area contributed by atoms with Crippen molar-refractivity contribution in [2.45, 2.75) is 72.3 Å². The number of rotatable bonds is 6. The zero-order valence-electron chi connectivity index (χ0n) is 20.6. The van der Waals surface area contributed by atoms with Crippen molar-refractivity contribution in [2.24, 2.45) is 17.3 Å². The fraction of sp³-hybridized carbons (Fsp3) is 0.615. The Balaban J connectivity index is 0.00000385. The summed E-state index contributed by atoms with van der Waals surface area (Å²) < 4.78 is 0. The van der Waals surface area contributed by atoms with Gasteiger partial charge in [-0.05, 0) is 46.9 Å². The summed E-state index contributed by atoms with van der Waals surface area (Å²) in [5.41, 5.74) is 3.07. The summed E-state index contributed by atoms with van der Waals surface area (Å²) in [6.07, 6.45) is 4.20. The molecule has 0 radical (unpaired) electrons. The molecular weight excluding hydrogens is 459 g/mol. The predicted octanol–water partition coefficient (Wildman–Crippen LogP) is 5.44. The van der Waals surface area contributed by atoms with E-state index in [1.807, 2.05) is 12.3 Å². The number of carbonyl (C=O) groups excluding carboxylic acids is 1. The second kappa shape index (κ2) is 10.4. The van der Waals surface area contributed by atoms with Crippen molar-refractivity contribution in [1.29, 1.82) is 0 Å². The van der Waals surface area contributed by atoms with Gasteiger partial charge in [0.25, 0.3) is 0 Å². The Morgan fingerprint density at radius 1 is 1.30 bits per heavy atom. The van der Waals surface area contributed by atoms with Gasteiger partial charge in [0.15, 0.2) is 0 Å². The van der Waals surface area contributed by atoms with Crippen molar-refractivity contribution >= 4 is 35.9 Å². The number of nitrogens with zero attached hydrogens (tertiary/aromatic N) is 1. The number of halogens is 2. The summed E-state index contributed by atoms with van der Waals surface area (Å²) in [5.74, 6) is -1.29. The topological polar surface area (TPSA) is 69.6 Å². The van der Waals surface area contributed by atoms with Gasteiger partial charge in [0.1, 0.15) is 0 Å². The van der Waals surface area contributed by atoms with Gasteiger partial charge in [-0.25, -0.2) is 0 Å². The Kier molecular flexibility index (Phi) is 8.70. The first-order valence-electron chi connectivity index (χ1n) is 11.6. The molecule has 0 aromatic heterocycles. The summed E-state index contributed by atoms with van der Waals surface area (Å²) in [7, 11) is 0. The minimum Gasteiger partial charge on any atom is -0.481 e. The molecule has 0 saturated carbocycles. The van der Waals surface area contributed by atoms with Crippen molar-refractivity contribution in [3.8, 4) is 0 Å². The van der Waals surface area contributed by atoms with Gasteiger partial charge < -0.3 is 15.3 Å². The second-order valence-corrected chi connectivity index (χ2v) is 11.5. The van der Waals surface area contributed by atoms with Gasteiger partial charge in [-0.3, -0.25) is 9.59 Å². The Hall–Kier alpha value is -1.56. The molecule has 2 heterocycles. The van der Waals surface area contributed by atoms with E-state index in [4.69, 9.17) is 11.6 Å². The maximum absolute atomic E-state index is 13.3. The lowest BCUT2D eigenvalue weighted by Gasteiger charge is -2.43. The molecular formula is C26H38Cl2N2O3. The highest BCUT2D eigenvalue weighted by Gasteiger charge is 2.45. The van der Waals surface area contributed by atoms with E-state index in [1.165, 1.54) is 0 Å². The number of hydrogen-bond donors (Lipinski definition) is 2. The van der Waals surface area contributed by atoms with E-state index in [-0.39, 0.29) is 35.7 Å². The lowest BCUT2D eigenvalue weighted by molar-refractivity contribution is -0.144. The van der Waals surface area contributed by atoms with Crippen LogP contribution < -0.4 is 5.32 Å². The number of benzene rings is 1. The third-order valence-electron chi connectivity index (χ3n) is 7.02. The molecule has 1 aromatic rings. The highest BCUT2D eigenvalue weighted by atomic mass is 35.5. The van der Waals surface area contributed by atoms with E-state index >= 15 is 0 Å². The number of aryl methyl sites for hydroxylation is 1. The average molecular weight is 498 g/mol. The molecule has 3 atom stereocenters. The molecule has 0 bridgehead atoms. The molecule has 2 N–H and O–H groups in total. The van der Waals surface area contributed by atoms with Crippen LogP contribution in [0.25, 0.3) is 0 Å². The molecule has 1 aromatic carbocycles. The summed E-state index contributed by atoms with van der Waals surface area (Å²) in [4.78, 5) is 26.7. The van der Waals surface area contributed by atoms with E-state index in [0.29, 0.717) is 19.5 Å². The van der Waals surface area contributed by atoms with E-state index in [1.54, 1.807) is 4.90 Å². The fourth-order valence-electron chi connectivity index (χ4n) is 5.01. The van der Waals surface area contributed by atoms with Gasteiger partial charge in [0.2, 0.25) is 5.91 Å². The summed E-state index contributed by atoms with van der Waals surface area (Å²) in [6.45, 7) is 13.9. The lowest BCUT2D eigenvalue weighted by atomic mass is 9.68. The number of aliphatic carboxylic acids is 1. The van der Waals surface area contributed by atoms with Gasteiger partial charge in [-0.15, -0.1) is 12.4 Å². The van der Waals surface area contributed by atoms with Crippen LogP contribution in [-0.2, 0) is 21.4 Å². The average Bonchev–Trinajstić information content (AvgIpc) is 3.15. The molecule has 5 nitrogen and oxygen atoms in total. The Bertz CT molecular complexity index is 923. The molecule has 0 spiro atoms. The molecule has 33 heavy (non-hydrogen) atoms. The minimum absolute atomic E-state index is 0. The monoisotopic (exact) mass is 496 g/mol. The fourth-order valence-corrected chi connectivity index (χ4v) is 5.28. The molecule has 2 aliphatic heterocycles. The van der Waals surface area contributed by atoms with Gasteiger partial charge in [-0.1, -0.05) is 65.3 Å². The van der Waals surface area contributed by atoms with Crippen molar-refractivity contribution in [3.63, 3.8) is 0 Å². The van der Waals surface area contributed by atoms with Crippen LogP contribution in [0, 0.1) is 17.3 Å². The van der Waals surface area contributed by atoms with Crippen molar-refractivity contribution < 1.29 is 14.7 Å². The molecule has 184 valence electrons. The van der Waals surface area contributed by atoms with Crippen molar-refractivity contribution in [2.75, 3.05) is 13.1 Å². The van der Waals surface area contributed by atoms with Gasteiger partial charge in [0.05, 0.1) is 12.0 Å². The van der Waals surface area contributed by atoms with E-state index in [0.717, 1.165) is 34.6 Å². The van der Waals surface area contributed by atoms with Gasteiger partial charge in [-0.2, -0.15) is 0 Å². The minimum atomic E-state index is -0.863. The normalized spacial score (nSPS) is 25.8. The molecule has 7 heteroatoms. The van der Waals surface area contributed by atoms with Crippen LogP contribution in [0.5, 0.6) is 0 Å². The summed E-state index contributed by atoms with van der Waals surface area (Å²) in [5, 5.41) is 13.5. The van der Waals surface area contributed by atoms with Crippen molar-refractivity contribution in [1.82, 2.24) is 10.2 Å². The third-order valence-corrected chi connectivity index (χ3v) is 7.37. The maximum Gasteiger partial charge on any atom is 0.309 e. The molecule has 1 fully saturated rings. The number of amides is 1. The second-order valence-electron chi connectivity index (χ2n) is 11.1. The number of carbonyl (C=O) groups is 2. The van der Waals surface area contributed by atoms with Crippen LogP contribution in [0.2, 0.25) is 5.02 Å². The zero-order chi connectivity index (χ0) is 23.8. The maximum atomic E-state index is 13.3. The number of hydrogen-bond acceptors (Lipinski definition) is 3. The predicted molar refractivity (Wildman–Crippen MR) is 136 cm³/mol. The molecule has 3 rings (SSSR count). The van der Waals surface area contributed by atoms with Crippen LogP contribution in [0.3, 0.4) is 0 Å². The number of carboxylic acid groups (broad SMARTS) is 1. The van der Waals surface area contributed by atoms with E-state index < -0.39 is 17.3 Å². The van der Waals surface area contributed by atoms with Crippen LogP contribution in [0.1, 0.15) is 65.5 Å². The molecule has 2 aliphatic rings. The first-order chi connectivity index (χ1) is 14.8. The van der Waals surface area contributed by atoms with Gasteiger partial charge in [0, 0.05) is 36.1 Å². The van der Waals surface area contributed by atoms with Crippen LogP contribution in [0.4, 0.5) is 0 Å². The smallest absolute Gasteiger partial charge is 0.309 e. The Labute approximate surface area is 209 Å². The Morgan fingerprint density at radius 2 is 1.97 bits per heavy atom. The molecule has 2 unspecified atom stereocenters. The quantitative estimate of drug-likeness (QED) is 0.549. The highest BCUT2D eigenvalue weighted by Crippen LogP contribution is 2.44. The van der Waals surface area contributed by atoms with Crippen LogP contribution in [-0.4, -0.2) is 41.0 Å². The number of carboxylic acids is 1. The zero-order valence-corrected chi connectivity index (χ0v) is 22.1. The number of allylic oxidation sites excluding steroid dienone is 1. The first-order valence-corrected chi connectivity index (χ1v) is 12.0. The SMILES string of the molecule is CC(C)C1=CN(C2CNCC2C(=O)O)C(=O)C[C@@]1(C)c1ccc(CCC(C)(C)C)c(Cl)c1.Cl. The van der Waals surface area contributed by atoms with Crippen molar-refractivity contribution in [3.05, 3.63) is 46.1 Å². The first kappa shape index (κ1) is 27.7. The van der Waals surface area contributed by atoms with E-state index in [2.05, 4.69) is 59.0 Å². The standard InChI is InChI=1S/C26H37ClN2O3.ClH/c1-16(2)20-15-29(22-14-28-13-19(22)24(31)32)23(30)12-26(20,6)18-8-7-17(21(27)11-18)9-10-25(3,4)5;/h7-8,11,15-16,19,22,28H,9-10,12-14H2,1-6H3,(H,31,32);1H/t19?,22?,26-;/m0./s1. The summed E-state index contributed by atoms with van der Waals surface area (Å²) >= 11 is 6.70. The molecule has 1 saturated heterocycles. The van der Waals surface area contributed by atoms with Crippen LogP contribution in [0.15, 0.2) is 30.0 Å². The third kappa shape index (κ3) is 5.93. The van der Waals surface area contributed by atoms with Gasteiger partial charge >= 0.3 is 5.97 Å². The Morgan fingerprint density at radius 3 is 2.52 bits per heavy atom. The molecule has 0 aliphatic carbocycles. The highest BCUT2D eigenvalue weighted by molar-refractivity contribution is 6.31. The summed E-state index contributed by atoms with van der Waals surface area (Å²) in [6, 6.07) is 5.88. The largest absolute Gasteiger partial charge is 0.481 e. The van der Waals surface area contributed by atoms with E-state index in [9.17, 15) is 14.7 Å². The molecule has 1 amide bonds. The van der Waals surface area contributed by atoms with Crippen LogP contribution >= 0.6 is 24.0 Å².